The van der Waals surface area contributed by atoms with Gasteiger partial charge in [0.05, 0.1) is 30.9 Å². The second-order valence-corrected chi connectivity index (χ2v) is 7.34. The molecule has 7 heteroatoms. The fourth-order valence-corrected chi connectivity index (χ4v) is 3.30. The predicted octanol–water partition coefficient (Wildman–Crippen LogP) is 5.47. The number of unbranched alkanes of at least 4 members (excludes halogenated alkanes) is 2. The van der Waals surface area contributed by atoms with Gasteiger partial charge in [-0.15, -0.1) is 0 Å². The van der Waals surface area contributed by atoms with Crippen LogP contribution < -0.4 is 14.8 Å². The molecule has 30 heavy (non-hydrogen) atoms. The highest BCUT2D eigenvalue weighted by Crippen LogP contribution is 2.36. The van der Waals surface area contributed by atoms with Crippen molar-refractivity contribution in [3.63, 3.8) is 0 Å². The van der Waals surface area contributed by atoms with Crippen LogP contribution in [0.15, 0.2) is 46.9 Å². The van der Waals surface area contributed by atoms with Crippen molar-refractivity contribution in [3.8, 4) is 11.5 Å². The molecule has 0 spiro atoms. The number of nitrogens with one attached hydrogen (secondary N) is 1. The van der Waals surface area contributed by atoms with Crippen molar-refractivity contribution in [2.75, 3.05) is 26.1 Å². The first-order chi connectivity index (χ1) is 14.5. The van der Waals surface area contributed by atoms with E-state index in [1.165, 1.54) is 6.08 Å². The Hall–Kier alpha value is -2.80. The third kappa shape index (κ3) is 6.91. The Balaban J connectivity index is 1.95. The van der Waals surface area contributed by atoms with E-state index in [2.05, 4.69) is 28.2 Å². The van der Waals surface area contributed by atoms with Gasteiger partial charge in [0.1, 0.15) is 0 Å². The maximum absolute atomic E-state index is 12.2. The Morgan fingerprint density at radius 3 is 2.43 bits per heavy atom. The molecule has 0 aromatic heterocycles. The van der Waals surface area contributed by atoms with Gasteiger partial charge in [-0.25, -0.2) is 4.79 Å². The molecule has 160 valence electrons. The summed E-state index contributed by atoms with van der Waals surface area (Å²) in [5.74, 6) is 0.492. The number of carbonyl (C=O) groups is 2. The van der Waals surface area contributed by atoms with Gasteiger partial charge in [0.25, 0.3) is 0 Å². The van der Waals surface area contributed by atoms with Gasteiger partial charge in [0.2, 0.25) is 5.91 Å². The molecular formula is C23H26BrNO5. The average Bonchev–Trinajstić information content (AvgIpc) is 2.75. The quantitative estimate of drug-likeness (QED) is 0.280. The number of rotatable bonds is 10. The van der Waals surface area contributed by atoms with E-state index in [4.69, 9.17) is 14.2 Å². The van der Waals surface area contributed by atoms with Crippen LogP contribution in [0.2, 0.25) is 0 Å². The first-order valence-corrected chi connectivity index (χ1v) is 10.5. The Labute approximate surface area is 185 Å². The smallest absolute Gasteiger partial charge is 0.338 e. The van der Waals surface area contributed by atoms with Crippen LogP contribution in [0.25, 0.3) is 6.08 Å². The van der Waals surface area contributed by atoms with E-state index < -0.39 is 0 Å². The normalized spacial score (nSPS) is 10.7. The lowest BCUT2D eigenvalue weighted by atomic mass is 10.2. The maximum Gasteiger partial charge on any atom is 0.338 e. The number of hydrogen-bond acceptors (Lipinski definition) is 5. The second kappa shape index (κ2) is 12.0. The van der Waals surface area contributed by atoms with Crippen LogP contribution in [0.4, 0.5) is 5.69 Å². The summed E-state index contributed by atoms with van der Waals surface area (Å²) in [7, 11) is 3.11. The molecule has 2 aromatic carbocycles. The van der Waals surface area contributed by atoms with Gasteiger partial charge < -0.3 is 19.5 Å². The summed E-state index contributed by atoms with van der Waals surface area (Å²) in [6.07, 6.45) is 6.06. The topological polar surface area (TPSA) is 73.9 Å². The summed E-state index contributed by atoms with van der Waals surface area (Å²) in [5.41, 5.74) is 1.81. The lowest BCUT2D eigenvalue weighted by Crippen LogP contribution is -2.09. The molecule has 0 heterocycles. The van der Waals surface area contributed by atoms with Crippen molar-refractivity contribution in [2.45, 2.75) is 26.2 Å². The largest absolute Gasteiger partial charge is 0.493 e. The van der Waals surface area contributed by atoms with Crippen LogP contribution in [0.1, 0.15) is 42.1 Å². The minimum absolute atomic E-state index is 0.296. The minimum Gasteiger partial charge on any atom is -0.493 e. The van der Waals surface area contributed by atoms with Crippen LogP contribution in [0.5, 0.6) is 11.5 Å². The Bertz CT molecular complexity index is 893. The lowest BCUT2D eigenvalue weighted by molar-refractivity contribution is -0.111. The predicted molar refractivity (Wildman–Crippen MR) is 121 cm³/mol. The number of carbonyl (C=O) groups excluding carboxylic acids is 2. The molecule has 0 atom stereocenters. The molecule has 2 rings (SSSR count). The zero-order chi connectivity index (χ0) is 21.9. The molecule has 0 bridgehead atoms. The molecule has 0 aliphatic heterocycles. The van der Waals surface area contributed by atoms with E-state index >= 15 is 0 Å². The molecule has 1 N–H and O–H groups in total. The fourth-order valence-electron chi connectivity index (χ4n) is 2.68. The molecule has 0 aliphatic carbocycles. The number of ether oxygens (including phenoxy) is 3. The maximum atomic E-state index is 12.2. The van der Waals surface area contributed by atoms with Crippen LogP contribution in [-0.4, -0.2) is 32.7 Å². The summed E-state index contributed by atoms with van der Waals surface area (Å²) in [4.78, 5) is 24.2. The van der Waals surface area contributed by atoms with Crippen LogP contribution >= 0.6 is 15.9 Å². The van der Waals surface area contributed by atoms with Crippen molar-refractivity contribution in [2.24, 2.45) is 0 Å². The van der Waals surface area contributed by atoms with E-state index in [9.17, 15) is 9.59 Å². The van der Waals surface area contributed by atoms with E-state index in [-0.39, 0.29) is 11.9 Å². The van der Waals surface area contributed by atoms with Gasteiger partial charge in [0.15, 0.2) is 11.5 Å². The lowest BCUT2D eigenvalue weighted by Gasteiger charge is -2.10. The molecule has 0 radical (unpaired) electrons. The molecule has 0 aliphatic rings. The monoisotopic (exact) mass is 475 g/mol. The zero-order valence-electron chi connectivity index (χ0n) is 17.4. The van der Waals surface area contributed by atoms with Crippen molar-refractivity contribution in [3.05, 3.63) is 58.1 Å². The number of esters is 1. The summed E-state index contributed by atoms with van der Waals surface area (Å²) < 4.78 is 16.5. The summed E-state index contributed by atoms with van der Waals surface area (Å²) >= 11 is 3.42. The summed E-state index contributed by atoms with van der Waals surface area (Å²) in [5, 5.41) is 2.76. The first-order valence-electron chi connectivity index (χ1n) is 9.66. The van der Waals surface area contributed by atoms with E-state index in [0.29, 0.717) is 29.4 Å². The molecule has 0 unspecified atom stereocenters. The third-order valence-corrected chi connectivity index (χ3v) is 4.84. The van der Waals surface area contributed by atoms with Crippen molar-refractivity contribution in [1.82, 2.24) is 0 Å². The number of benzene rings is 2. The molecular weight excluding hydrogens is 450 g/mol. The molecule has 0 saturated heterocycles. The average molecular weight is 476 g/mol. The van der Waals surface area contributed by atoms with Gasteiger partial charge in [-0.05, 0) is 70.4 Å². The molecule has 0 fully saturated rings. The van der Waals surface area contributed by atoms with Crippen molar-refractivity contribution >= 4 is 39.6 Å². The molecule has 1 amide bonds. The van der Waals surface area contributed by atoms with Gasteiger partial charge in [-0.3, -0.25) is 4.79 Å². The number of methoxy groups -OCH3 is 2. The van der Waals surface area contributed by atoms with Gasteiger partial charge >= 0.3 is 5.97 Å². The van der Waals surface area contributed by atoms with Crippen molar-refractivity contribution < 1.29 is 23.8 Å². The Morgan fingerprint density at radius 1 is 1.07 bits per heavy atom. The first kappa shape index (κ1) is 23.5. The molecule has 2 aromatic rings. The van der Waals surface area contributed by atoms with Crippen molar-refractivity contribution in [1.29, 1.82) is 0 Å². The van der Waals surface area contributed by atoms with Crippen LogP contribution in [0, 0.1) is 0 Å². The van der Waals surface area contributed by atoms with E-state index in [1.807, 2.05) is 6.07 Å². The van der Waals surface area contributed by atoms with E-state index in [0.717, 1.165) is 29.3 Å². The Morgan fingerprint density at radius 2 is 1.80 bits per heavy atom. The van der Waals surface area contributed by atoms with Gasteiger partial charge in [-0.2, -0.15) is 0 Å². The molecule has 6 nitrogen and oxygen atoms in total. The van der Waals surface area contributed by atoms with Gasteiger partial charge in [0, 0.05) is 11.8 Å². The number of hydrogen-bond donors (Lipinski definition) is 1. The van der Waals surface area contributed by atoms with Crippen LogP contribution in [0.3, 0.4) is 0 Å². The molecule has 0 saturated carbocycles. The Kier molecular flexibility index (Phi) is 9.41. The summed E-state index contributed by atoms with van der Waals surface area (Å²) in [6.45, 7) is 2.51. The highest BCUT2D eigenvalue weighted by molar-refractivity contribution is 9.10. The minimum atomic E-state index is -0.358. The fraction of sp³-hybridized carbons (Fsp3) is 0.304. The SMILES string of the molecule is CCCCCOC(=O)c1ccc(NC(=O)/C=C/c2cc(Br)c(OC)c(OC)c2)cc1. The van der Waals surface area contributed by atoms with E-state index in [1.54, 1.807) is 50.6 Å². The number of amides is 1. The number of halogens is 1. The summed E-state index contributed by atoms with van der Waals surface area (Å²) in [6, 6.07) is 10.2. The highest BCUT2D eigenvalue weighted by atomic mass is 79.9. The number of anilines is 1. The second-order valence-electron chi connectivity index (χ2n) is 6.48. The van der Waals surface area contributed by atoms with Crippen LogP contribution in [-0.2, 0) is 9.53 Å². The standard InChI is InChI=1S/C23H26BrNO5/c1-4-5-6-13-30-23(27)17-8-10-18(11-9-17)25-21(26)12-7-16-14-19(24)22(29-3)20(15-16)28-2/h7-12,14-15H,4-6,13H2,1-3H3,(H,25,26)/b12-7+. The third-order valence-electron chi connectivity index (χ3n) is 4.25. The highest BCUT2D eigenvalue weighted by Gasteiger charge is 2.10. The zero-order valence-corrected chi connectivity index (χ0v) is 19.0. The van der Waals surface area contributed by atoms with Gasteiger partial charge in [-0.1, -0.05) is 19.8 Å².